The van der Waals surface area contributed by atoms with Crippen LogP contribution in [0, 0.1) is 11.8 Å². The first-order valence-electron chi connectivity index (χ1n) is 8.07. The molecule has 2 aliphatic carbocycles. The molecule has 1 amide bonds. The molecule has 0 radical (unpaired) electrons. The van der Waals surface area contributed by atoms with Gasteiger partial charge in [0, 0.05) is 28.7 Å². The van der Waals surface area contributed by atoms with Gasteiger partial charge in [-0.1, -0.05) is 24.6 Å². The number of carbonyl (C=O) groups is 2. The maximum atomic E-state index is 12.4. The standard InChI is InChI=1S/C18H20N2O2/c21-11-14-9-20(17-4-2-1-3-15(14)17)10-18(22)19-16-8-12-5-6-13(16)7-12/h1-4,9,11-13,16H,5-8,10H2,(H,19,22)/t12-,13-,16+/m0/s1. The van der Waals surface area contributed by atoms with Gasteiger partial charge in [-0.2, -0.15) is 0 Å². The predicted octanol–water partition coefficient (Wildman–Crippen LogP) is 2.76. The van der Waals surface area contributed by atoms with E-state index in [1.165, 1.54) is 19.3 Å². The normalized spacial score (nSPS) is 26.5. The monoisotopic (exact) mass is 296 g/mol. The molecule has 4 heteroatoms. The summed E-state index contributed by atoms with van der Waals surface area (Å²) in [5.41, 5.74) is 1.58. The van der Waals surface area contributed by atoms with Crippen LogP contribution in [0.15, 0.2) is 30.5 Å². The Morgan fingerprint density at radius 3 is 2.86 bits per heavy atom. The van der Waals surface area contributed by atoms with Crippen LogP contribution in [0.5, 0.6) is 0 Å². The minimum Gasteiger partial charge on any atom is -0.352 e. The Labute approximate surface area is 129 Å². The zero-order chi connectivity index (χ0) is 15.1. The predicted molar refractivity (Wildman–Crippen MR) is 84.7 cm³/mol. The molecule has 0 unspecified atom stereocenters. The van der Waals surface area contributed by atoms with Crippen LogP contribution >= 0.6 is 0 Å². The van der Waals surface area contributed by atoms with E-state index < -0.39 is 0 Å². The topological polar surface area (TPSA) is 51.1 Å². The van der Waals surface area contributed by atoms with Crippen LogP contribution in [0.25, 0.3) is 10.9 Å². The molecule has 0 aliphatic heterocycles. The van der Waals surface area contributed by atoms with Crippen molar-refractivity contribution >= 4 is 23.1 Å². The number of carbonyl (C=O) groups excluding carboxylic acids is 2. The van der Waals surface area contributed by atoms with E-state index in [1.807, 2.05) is 28.8 Å². The fourth-order valence-corrected chi connectivity index (χ4v) is 4.33. The number of hydrogen-bond donors (Lipinski definition) is 1. The van der Waals surface area contributed by atoms with Gasteiger partial charge in [0.2, 0.25) is 5.91 Å². The van der Waals surface area contributed by atoms with Gasteiger partial charge < -0.3 is 9.88 Å². The van der Waals surface area contributed by atoms with Gasteiger partial charge in [-0.3, -0.25) is 9.59 Å². The van der Waals surface area contributed by atoms with E-state index in [-0.39, 0.29) is 12.5 Å². The lowest BCUT2D eigenvalue weighted by molar-refractivity contribution is -0.122. The van der Waals surface area contributed by atoms with E-state index >= 15 is 0 Å². The number of rotatable bonds is 4. The molecule has 0 spiro atoms. The Kier molecular flexibility index (Phi) is 3.25. The van der Waals surface area contributed by atoms with Crippen molar-refractivity contribution in [3.8, 4) is 0 Å². The fourth-order valence-electron chi connectivity index (χ4n) is 4.33. The molecule has 4 nitrogen and oxygen atoms in total. The van der Waals surface area contributed by atoms with Crippen molar-refractivity contribution in [2.24, 2.45) is 11.8 Å². The first-order chi connectivity index (χ1) is 10.7. The number of para-hydroxylation sites is 1. The summed E-state index contributed by atoms with van der Waals surface area (Å²) in [4.78, 5) is 23.5. The zero-order valence-electron chi connectivity index (χ0n) is 12.5. The minimum absolute atomic E-state index is 0.0516. The molecular formula is C18H20N2O2. The van der Waals surface area contributed by atoms with Gasteiger partial charge in [0.25, 0.3) is 0 Å². The molecule has 2 bridgehead atoms. The third-order valence-corrected chi connectivity index (χ3v) is 5.34. The summed E-state index contributed by atoms with van der Waals surface area (Å²) in [6.45, 7) is 0.280. The molecule has 2 aromatic rings. The number of amides is 1. The van der Waals surface area contributed by atoms with Crippen LogP contribution in [0.1, 0.15) is 36.0 Å². The highest BCUT2D eigenvalue weighted by Gasteiger charge is 2.40. The number of nitrogens with one attached hydrogen (secondary N) is 1. The van der Waals surface area contributed by atoms with Gasteiger partial charge in [0.15, 0.2) is 6.29 Å². The Morgan fingerprint density at radius 1 is 1.27 bits per heavy atom. The average Bonchev–Trinajstić information content (AvgIpc) is 3.22. The number of aldehydes is 1. The van der Waals surface area contributed by atoms with Crippen molar-refractivity contribution in [3.63, 3.8) is 0 Å². The van der Waals surface area contributed by atoms with Gasteiger partial charge in [0.1, 0.15) is 6.54 Å². The van der Waals surface area contributed by atoms with Crippen LogP contribution < -0.4 is 5.32 Å². The van der Waals surface area contributed by atoms with E-state index in [4.69, 9.17) is 0 Å². The second-order valence-corrected chi connectivity index (χ2v) is 6.70. The number of nitrogens with zero attached hydrogens (tertiary/aromatic N) is 1. The van der Waals surface area contributed by atoms with Crippen molar-refractivity contribution in [1.82, 2.24) is 9.88 Å². The highest BCUT2D eigenvalue weighted by atomic mass is 16.2. The van der Waals surface area contributed by atoms with Crippen LogP contribution in [-0.4, -0.2) is 22.8 Å². The van der Waals surface area contributed by atoms with E-state index in [2.05, 4.69) is 5.32 Å². The lowest BCUT2D eigenvalue weighted by atomic mass is 9.95. The highest BCUT2D eigenvalue weighted by molar-refractivity contribution is 5.98. The highest BCUT2D eigenvalue weighted by Crippen LogP contribution is 2.44. The third-order valence-electron chi connectivity index (χ3n) is 5.34. The number of aromatic nitrogens is 1. The van der Waals surface area contributed by atoms with Crippen molar-refractivity contribution in [2.45, 2.75) is 38.3 Å². The summed E-state index contributed by atoms with van der Waals surface area (Å²) >= 11 is 0. The molecule has 1 heterocycles. The van der Waals surface area contributed by atoms with Gasteiger partial charge >= 0.3 is 0 Å². The quantitative estimate of drug-likeness (QED) is 0.882. The summed E-state index contributed by atoms with van der Waals surface area (Å²) in [6.07, 6.45) is 7.65. The van der Waals surface area contributed by atoms with Gasteiger partial charge in [-0.15, -0.1) is 0 Å². The van der Waals surface area contributed by atoms with E-state index in [9.17, 15) is 9.59 Å². The van der Waals surface area contributed by atoms with Crippen LogP contribution in [0.3, 0.4) is 0 Å². The minimum atomic E-state index is 0.0516. The fraction of sp³-hybridized carbons (Fsp3) is 0.444. The molecule has 1 aromatic heterocycles. The van der Waals surface area contributed by atoms with Gasteiger partial charge in [-0.05, 0) is 37.2 Å². The van der Waals surface area contributed by atoms with Crippen LogP contribution in [0.2, 0.25) is 0 Å². The zero-order valence-corrected chi connectivity index (χ0v) is 12.5. The number of benzene rings is 1. The lowest BCUT2D eigenvalue weighted by Crippen LogP contribution is -2.40. The summed E-state index contributed by atoms with van der Waals surface area (Å²) in [5.74, 6) is 1.56. The van der Waals surface area contributed by atoms with Crippen molar-refractivity contribution < 1.29 is 9.59 Å². The average molecular weight is 296 g/mol. The Balaban J connectivity index is 1.51. The Hall–Kier alpha value is -2.10. The van der Waals surface area contributed by atoms with Gasteiger partial charge in [0.05, 0.1) is 0 Å². The molecule has 2 aliphatic rings. The van der Waals surface area contributed by atoms with Gasteiger partial charge in [-0.25, -0.2) is 0 Å². The largest absolute Gasteiger partial charge is 0.352 e. The smallest absolute Gasteiger partial charge is 0.240 e. The third kappa shape index (κ3) is 2.23. The van der Waals surface area contributed by atoms with E-state index in [1.54, 1.807) is 6.20 Å². The summed E-state index contributed by atoms with van der Waals surface area (Å²) in [6, 6.07) is 8.07. The lowest BCUT2D eigenvalue weighted by Gasteiger charge is -2.23. The maximum absolute atomic E-state index is 12.4. The first-order valence-corrected chi connectivity index (χ1v) is 8.07. The summed E-state index contributed by atoms with van der Waals surface area (Å²) in [5, 5.41) is 4.11. The molecular weight excluding hydrogens is 276 g/mol. The molecule has 22 heavy (non-hydrogen) atoms. The van der Waals surface area contributed by atoms with Crippen molar-refractivity contribution in [1.29, 1.82) is 0 Å². The maximum Gasteiger partial charge on any atom is 0.240 e. The van der Waals surface area contributed by atoms with E-state index in [0.717, 1.165) is 29.5 Å². The van der Waals surface area contributed by atoms with E-state index in [0.29, 0.717) is 17.5 Å². The second-order valence-electron chi connectivity index (χ2n) is 6.70. The first kappa shape index (κ1) is 13.6. The Morgan fingerprint density at radius 2 is 2.14 bits per heavy atom. The Bertz CT molecular complexity index is 734. The SMILES string of the molecule is O=Cc1cn(CC(=O)N[C@@H]2C[C@H]3CC[C@H]2C3)c2ccccc12. The number of fused-ring (bicyclic) bond motifs is 3. The van der Waals surface area contributed by atoms with Crippen molar-refractivity contribution in [2.75, 3.05) is 0 Å². The molecule has 114 valence electrons. The van der Waals surface area contributed by atoms with Crippen molar-refractivity contribution in [3.05, 3.63) is 36.0 Å². The molecule has 4 rings (SSSR count). The summed E-state index contributed by atoms with van der Waals surface area (Å²) < 4.78 is 1.88. The van der Waals surface area contributed by atoms with Crippen LogP contribution in [0.4, 0.5) is 0 Å². The molecule has 2 saturated carbocycles. The molecule has 3 atom stereocenters. The van der Waals surface area contributed by atoms with Crippen LogP contribution in [-0.2, 0) is 11.3 Å². The molecule has 1 N–H and O–H groups in total. The summed E-state index contributed by atoms with van der Waals surface area (Å²) in [7, 11) is 0. The number of hydrogen-bond acceptors (Lipinski definition) is 2. The molecule has 1 aromatic carbocycles. The second kappa shape index (κ2) is 5.27. The molecule has 0 saturated heterocycles. The molecule has 2 fully saturated rings.